The molecule has 138 valence electrons. The highest BCUT2D eigenvalue weighted by atomic mass is 32.2. The molecule has 1 N–H and O–H groups in total. The second kappa shape index (κ2) is 8.10. The van der Waals surface area contributed by atoms with Gasteiger partial charge in [0.1, 0.15) is 5.82 Å². The number of carbonyl (C=O) groups excluding carboxylic acids is 1. The average molecular weight is 397 g/mol. The number of hydrogen-bond acceptors (Lipinski definition) is 6. The molecular formula is C20H20N4OS2. The first-order valence-electron chi connectivity index (χ1n) is 8.91. The fourth-order valence-electron chi connectivity index (χ4n) is 3.01. The molecule has 7 heteroatoms. The number of pyridine rings is 1. The van der Waals surface area contributed by atoms with Crippen LogP contribution in [0.2, 0.25) is 0 Å². The Balaban J connectivity index is 1.48. The number of anilines is 2. The Hall–Kier alpha value is -2.38. The molecule has 1 aliphatic rings. The van der Waals surface area contributed by atoms with Crippen molar-refractivity contribution in [3.8, 4) is 0 Å². The van der Waals surface area contributed by atoms with Crippen molar-refractivity contribution in [2.24, 2.45) is 0 Å². The standard InChI is InChI=1S/C20H20N4OS2/c1-14-7-8-15(12-16(14)19(25)24-10-4-5-11-24)26-18-13-22-20(27-18)23-17-6-2-3-9-21-17/h2-3,6-9,12-13H,4-5,10-11H2,1H3,(H,21,22,23). The van der Waals surface area contributed by atoms with Gasteiger partial charge in [-0.3, -0.25) is 4.79 Å². The Bertz CT molecular complexity index is 936. The van der Waals surface area contributed by atoms with E-state index in [2.05, 4.69) is 21.4 Å². The van der Waals surface area contributed by atoms with Crippen molar-refractivity contribution in [2.45, 2.75) is 28.9 Å². The molecule has 1 aliphatic heterocycles. The Morgan fingerprint density at radius 1 is 1.19 bits per heavy atom. The predicted molar refractivity (Wildman–Crippen MR) is 110 cm³/mol. The topological polar surface area (TPSA) is 58.1 Å². The van der Waals surface area contributed by atoms with Crippen LogP contribution in [0.25, 0.3) is 0 Å². The monoisotopic (exact) mass is 396 g/mol. The summed E-state index contributed by atoms with van der Waals surface area (Å²) in [5.41, 5.74) is 1.83. The van der Waals surface area contributed by atoms with E-state index in [1.807, 2.05) is 48.4 Å². The number of thiazole rings is 1. The molecule has 0 saturated carbocycles. The minimum atomic E-state index is 0.147. The highest BCUT2D eigenvalue weighted by molar-refractivity contribution is 8.01. The lowest BCUT2D eigenvalue weighted by Gasteiger charge is -2.17. The van der Waals surface area contributed by atoms with Crippen LogP contribution in [0.5, 0.6) is 0 Å². The van der Waals surface area contributed by atoms with E-state index < -0.39 is 0 Å². The molecule has 0 aliphatic carbocycles. The van der Waals surface area contributed by atoms with E-state index in [1.165, 1.54) is 0 Å². The summed E-state index contributed by atoms with van der Waals surface area (Å²) in [6.45, 7) is 3.74. The van der Waals surface area contributed by atoms with Gasteiger partial charge >= 0.3 is 0 Å². The van der Waals surface area contributed by atoms with Crippen molar-refractivity contribution < 1.29 is 4.79 Å². The van der Waals surface area contributed by atoms with Crippen LogP contribution in [0.3, 0.4) is 0 Å². The number of amides is 1. The zero-order valence-corrected chi connectivity index (χ0v) is 16.6. The SMILES string of the molecule is Cc1ccc(Sc2cnc(Nc3ccccn3)s2)cc1C(=O)N1CCCC1. The molecule has 0 radical (unpaired) electrons. The molecule has 3 aromatic rings. The summed E-state index contributed by atoms with van der Waals surface area (Å²) in [7, 11) is 0. The van der Waals surface area contributed by atoms with Gasteiger partial charge in [-0.1, -0.05) is 35.2 Å². The molecule has 0 atom stereocenters. The normalized spacial score (nSPS) is 13.7. The van der Waals surface area contributed by atoms with E-state index in [0.29, 0.717) is 0 Å². The number of benzene rings is 1. The number of nitrogens with zero attached hydrogens (tertiary/aromatic N) is 3. The summed E-state index contributed by atoms with van der Waals surface area (Å²) in [6, 6.07) is 11.8. The second-order valence-electron chi connectivity index (χ2n) is 6.40. The molecule has 0 spiro atoms. The molecule has 2 aromatic heterocycles. The first kappa shape index (κ1) is 18.0. The minimum absolute atomic E-state index is 0.147. The Labute approximate surface area is 166 Å². The molecule has 5 nitrogen and oxygen atoms in total. The largest absolute Gasteiger partial charge is 0.339 e. The van der Waals surface area contributed by atoms with Crippen LogP contribution in [-0.4, -0.2) is 33.9 Å². The molecule has 0 unspecified atom stereocenters. The first-order chi connectivity index (χ1) is 13.2. The van der Waals surface area contributed by atoms with Crippen molar-refractivity contribution >= 4 is 40.0 Å². The first-order valence-corrected chi connectivity index (χ1v) is 10.5. The zero-order chi connectivity index (χ0) is 18.6. The predicted octanol–water partition coefficient (Wildman–Crippen LogP) is 4.98. The zero-order valence-electron chi connectivity index (χ0n) is 15.0. The van der Waals surface area contributed by atoms with Gasteiger partial charge in [-0.2, -0.15) is 0 Å². The number of aromatic nitrogens is 2. The van der Waals surface area contributed by atoms with Gasteiger partial charge in [-0.25, -0.2) is 9.97 Å². The molecule has 3 heterocycles. The highest BCUT2D eigenvalue weighted by Gasteiger charge is 2.21. The number of nitrogens with one attached hydrogen (secondary N) is 1. The molecular weight excluding hydrogens is 376 g/mol. The molecule has 1 fully saturated rings. The van der Waals surface area contributed by atoms with Gasteiger partial charge in [0.2, 0.25) is 0 Å². The summed E-state index contributed by atoms with van der Waals surface area (Å²) in [6.07, 6.45) is 5.80. The summed E-state index contributed by atoms with van der Waals surface area (Å²) < 4.78 is 1.07. The van der Waals surface area contributed by atoms with E-state index in [4.69, 9.17) is 0 Å². The quantitative estimate of drug-likeness (QED) is 0.659. The second-order valence-corrected chi connectivity index (χ2v) is 8.81. The minimum Gasteiger partial charge on any atom is -0.339 e. The number of rotatable bonds is 5. The van der Waals surface area contributed by atoms with Crippen molar-refractivity contribution in [3.63, 3.8) is 0 Å². The highest BCUT2D eigenvalue weighted by Crippen LogP contribution is 2.35. The average Bonchev–Trinajstić information content (AvgIpc) is 3.36. The fraction of sp³-hybridized carbons (Fsp3) is 0.250. The van der Waals surface area contributed by atoms with Crippen molar-refractivity contribution in [2.75, 3.05) is 18.4 Å². The van der Waals surface area contributed by atoms with Gasteiger partial charge in [-0.15, -0.1) is 0 Å². The van der Waals surface area contributed by atoms with Crippen LogP contribution in [0, 0.1) is 6.92 Å². The summed E-state index contributed by atoms with van der Waals surface area (Å²) in [4.78, 5) is 24.4. The lowest BCUT2D eigenvalue weighted by Crippen LogP contribution is -2.28. The van der Waals surface area contributed by atoms with Crippen molar-refractivity contribution in [3.05, 3.63) is 59.9 Å². The van der Waals surface area contributed by atoms with Gasteiger partial charge in [0.15, 0.2) is 5.13 Å². The lowest BCUT2D eigenvalue weighted by molar-refractivity contribution is 0.0792. The number of likely N-dealkylation sites (tertiary alicyclic amines) is 1. The number of carbonyl (C=O) groups is 1. The Kier molecular flexibility index (Phi) is 5.40. The van der Waals surface area contributed by atoms with Crippen LogP contribution in [0.15, 0.2) is 57.9 Å². The molecule has 0 bridgehead atoms. The smallest absolute Gasteiger partial charge is 0.254 e. The maximum Gasteiger partial charge on any atom is 0.254 e. The Morgan fingerprint density at radius 3 is 2.81 bits per heavy atom. The van der Waals surface area contributed by atoms with E-state index in [0.717, 1.165) is 57.1 Å². The third-order valence-electron chi connectivity index (χ3n) is 4.44. The van der Waals surface area contributed by atoms with Crippen molar-refractivity contribution in [1.29, 1.82) is 0 Å². The molecule has 1 saturated heterocycles. The summed E-state index contributed by atoms with van der Waals surface area (Å²) in [5.74, 6) is 0.923. The van der Waals surface area contributed by atoms with E-state index in [1.54, 1.807) is 29.3 Å². The summed E-state index contributed by atoms with van der Waals surface area (Å²) >= 11 is 3.20. The van der Waals surface area contributed by atoms with Gasteiger partial charge in [0.05, 0.1) is 10.4 Å². The number of aryl methyl sites for hydroxylation is 1. The maximum atomic E-state index is 12.8. The van der Waals surface area contributed by atoms with E-state index in [9.17, 15) is 4.79 Å². The van der Waals surface area contributed by atoms with Crippen LogP contribution in [0.4, 0.5) is 10.9 Å². The van der Waals surface area contributed by atoms with Gasteiger partial charge in [-0.05, 0) is 49.6 Å². The van der Waals surface area contributed by atoms with Crippen LogP contribution < -0.4 is 5.32 Å². The molecule has 4 rings (SSSR count). The lowest BCUT2D eigenvalue weighted by atomic mass is 10.1. The number of hydrogen-bond donors (Lipinski definition) is 1. The van der Waals surface area contributed by atoms with E-state index >= 15 is 0 Å². The van der Waals surface area contributed by atoms with E-state index in [-0.39, 0.29) is 5.91 Å². The third kappa shape index (κ3) is 4.31. The third-order valence-corrected chi connectivity index (χ3v) is 6.44. The molecule has 27 heavy (non-hydrogen) atoms. The molecule has 1 aromatic carbocycles. The summed E-state index contributed by atoms with van der Waals surface area (Å²) in [5, 5.41) is 4.01. The van der Waals surface area contributed by atoms with Crippen LogP contribution in [0.1, 0.15) is 28.8 Å². The van der Waals surface area contributed by atoms with Crippen LogP contribution >= 0.6 is 23.1 Å². The fourth-order valence-corrected chi connectivity index (χ4v) is 4.91. The van der Waals surface area contributed by atoms with Gasteiger partial charge < -0.3 is 10.2 Å². The maximum absolute atomic E-state index is 12.8. The Morgan fingerprint density at radius 2 is 2.04 bits per heavy atom. The van der Waals surface area contributed by atoms with Crippen molar-refractivity contribution in [1.82, 2.24) is 14.9 Å². The van der Waals surface area contributed by atoms with Gasteiger partial charge in [0.25, 0.3) is 5.91 Å². The molecule has 1 amide bonds. The van der Waals surface area contributed by atoms with Gasteiger partial charge in [0, 0.05) is 29.7 Å². The van der Waals surface area contributed by atoms with Crippen LogP contribution in [-0.2, 0) is 0 Å².